The zero-order valence-electron chi connectivity index (χ0n) is 23.3. The van der Waals surface area contributed by atoms with E-state index in [0.717, 1.165) is 17.5 Å². The third kappa shape index (κ3) is 7.20. The number of nitrogens with one attached hydrogen (secondary N) is 1. The van der Waals surface area contributed by atoms with Crippen molar-refractivity contribution in [3.8, 4) is 0 Å². The first-order valence-corrected chi connectivity index (χ1v) is 14.0. The molecular weight excluding hydrogens is 532 g/mol. The van der Waals surface area contributed by atoms with Gasteiger partial charge in [-0.3, -0.25) is 9.59 Å². The molecule has 2 amide bonds. The number of likely N-dealkylation sites (tertiary alicyclic amines) is 1. The average Bonchev–Trinajstić information content (AvgIpc) is 3.58. The summed E-state index contributed by atoms with van der Waals surface area (Å²) in [5.41, 5.74) is 5.90. The van der Waals surface area contributed by atoms with E-state index in [0.29, 0.717) is 30.3 Å². The van der Waals surface area contributed by atoms with Crippen LogP contribution in [-0.2, 0) is 32.1 Å². The molecule has 0 radical (unpaired) electrons. The molecule has 0 aromatic heterocycles. The van der Waals surface area contributed by atoms with Crippen LogP contribution in [-0.4, -0.2) is 76.7 Å². The first-order valence-electron chi connectivity index (χ1n) is 13.6. The van der Waals surface area contributed by atoms with E-state index < -0.39 is 35.2 Å². The summed E-state index contributed by atoms with van der Waals surface area (Å²) >= 11 is 6.16. The molecule has 2 unspecified atom stereocenters. The van der Waals surface area contributed by atoms with E-state index in [9.17, 15) is 14.7 Å². The highest BCUT2D eigenvalue weighted by Gasteiger charge is 2.45. The van der Waals surface area contributed by atoms with E-state index >= 15 is 0 Å². The molecule has 4 rings (SSSR count). The largest absolute Gasteiger partial charge is 0.477 e. The predicted octanol–water partition coefficient (Wildman–Crippen LogP) is 2.86. The number of ether oxygens (including phenoxy) is 2. The Morgan fingerprint density at radius 1 is 1.25 bits per heavy atom. The van der Waals surface area contributed by atoms with E-state index in [2.05, 4.69) is 5.32 Å². The van der Waals surface area contributed by atoms with Crippen molar-refractivity contribution < 1.29 is 24.2 Å². The summed E-state index contributed by atoms with van der Waals surface area (Å²) in [6.45, 7) is 5.71. The van der Waals surface area contributed by atoms with Crippen LogP contribution in [0.15, 0.2) is 59.6 Å². The summed E-state index contributed by atoms with van der Waals surface area (Å²) in [5.74, 6) is -0.320. The van der Waals surface area contributed by atoms with Crippen LogP contribution in [0.3, 0.4) is 0 Å². The third-order valence-corrected chi connectivity index (χ3v) is 7.57. The fourth-order valence-corrected chi connectivity index (χ4v) is 5.22. The maximum Gasteiger partial charge on any atom is 0.248 e. The zero-order chi connectivity index (χ0) is 28.9. The van der Waals surface area contributed by atoms with Crippen molar-refractivity contribution in [3.05, 3.63) is 70.7 Å². The van der Waals surface area contributed by atoms with Gasteiger partial charge in [-0.1, -0.05) is 54.1 Å². The molecule has 2 aliphatic rings. The van der Waals surface area contributed by atoms with Crippen molar-refractivity contribution in [2.45, 2.75) is 75.9 Å². The first kappa shape index (κ1) is 30.0. The second kappa shape index (κ2) is 12.7. The van der Waals surface area contributed by atoms with Gasteiger partial charge >= 0.3 is 0 Å². The molecule has 2 heterocycles. The zero-order valence-corrected chi connectivity index (χ0v) is 24.1. The van der Waals surface area contributed by atoms with Crippen molar-refractivity contribution in [2.24, 2.45) is 10.7 Å². The summed E-state index contributed by atoms with van der Waals surface area (Å²) in [6, 6.07) is 15.7. The minimum absolute atomic E-state index is 0.196. The number of aliphatic hydroxyl groups is 1. The fraction of sp³-hybridized carbons (Fsp3) is 0.500. The Balaban J connectivity index is 1.53. The molecule has 10 heteroatoms. The number of nitrogens with zero attached hydrogens (tertiary/aromatic N) is 2. The minimum Gasteiger partial charge on any atom is -0.477 e. The molecule has 1 saturated heterocycles. The Morgan fingerprint density at radius 2 is 1.98 bits per heavy atom. The molecule has 4 atom stereocenters. The van der Waals surface area contributed by atoms with Gasteiger partial charge in [0.15, 0.2) is 0 Å². The summed E-state index contributed by atoms with van der Waals surface area (Å²) < 4.78 is 12.1. The summed E-state index contributed by atoms with van der Waals surface area (Å²) in [5, 5.41) is 13.7. The molecule has 4 N–H and O–H groups in total. The summed E-state index contributed by atoms with van der Waals surface area (Å²) in [4.78, 5) is 33.4. The normalized spacial score (nSPS) is 22.4. The van der Waals surface area contributed by atoms with Gasteiger partial charge in [0.1, 0.15) is 24.2 Å². The lowest BCUT2D eigenvalue weighted by atomic mass is 9.93. The highest BCUT2D eigenvalue weighted by molar-refractivity contribution is 6.30. The summed E-state index contributed by atoms with van der Waals surface area (Å²) in [6.07, 6.45) is 1.22. The molecule has 0 aliphatic carbocycles. The predicted molar refractivity (Wildman–Crippen MR) is 154 cm³/mol. The van der Waals surface area contributed by atoms with Crippen molar-refractivity contribution in [1.29, 1.82) is 0 Å². The van der Waals surface area contributed by atoms with Crippen molar-refractivity contribution in [3.63, 3.8) is 0 Å². The molecule has 2 aliphatic heterocycles. The topological polar surface area (TPSA) is 126 Å². The molecule has 1 fully saturated rings. The Bertz CT molecular complexity index is 1220. The average molecular weight is 571 g/mol. The number of rotatable bonds is 11. The summed E-state index contributed by atoms with van der Waals surface area (Å²) in [7, 11) is 0. The number of carbonyl (C=O) groups excluding carboxylic acids is 2. The lowest BCUT2D eigenvalue weighted by Crippen LogP contribution is -2.60. The van der Waals surface area contributed by atoms with Gasteiger partial charge in [0.2, 0.25) is 17.7 Å². The molecule has 216 valence electrons. The van der Waals surface area contributed by atoms with E-state index in [1.165, 1.54) is 0 Å². The van der Waals surface area contributed by atoms with Crippen LogP contribution in [0.1, 0.15) is 44.7 Å². The van der Waals surface area contributed by atoms with Crippen molar-refractivity contribution in [2.75, 3.05) is 19.8 Å². The number of hydrogen-bond donors (Lipinski definition) is 3. The van der Waals surface area contributed by atoms with E-state index in [1.54, 1.807) is 31.7 Å². The van der Waals surface area contributed by atoms with Gasteiger partial charge < -0.3 is 30.5 Å². The van der Waals surface area contributed by atoms with Gasteiger partial charge in [0.05, 0.1) is 24.9 Å². The van der Waals surface area contributed by atoms with Gasteiger partial charge in [-0.05, 0) is 56.9 Å². The Morgan fingerprint density at radius 3 is 2.65 bits per heavy atom. The number of benzene rings is 2. The third-order valence-electron chi connectivity index (χ3n) is 7.34. The molecule has 0 spiro atoms. The van der Waals surface area contributed by atoms with Crippen LogP contribution in [0.5, 0.6) is 0 Å². The standard InChI is InChI=1S/C30H39ClN4O5/c1-20(39-17-21-9-5-4-6-10-21)25(33-28(38)29(2,3)32)27(37)35-14-8-13-24(35)26-34-30(18-36,19-40-26)16-22-11-7-12-23(31)15-22/h4-7,9-12,15,20,24-25,36H,8,13-14,16-19,32H2,1-3H3,(H,33,38)/t20?,24?,25-,30-/m0/s1. The number of halogens is 1. The van der Waals surface area contributed by atoms with Crippen LogP contribution in [0, 0.1) is 0 Å². The number of hydrogen-bond acceptors (Lipinski definition) is 7. The molecule has 0 bridgehead atoms. The van der Waals surface area contributed by atoms with Crippen LogP contribution in [0.2, 0.25) is 5.02 Å². The van der Waals surface area contributed by atoms with Gasteiger partial charge in [-0.15, -0.1) is 0 Å². The number of carbonyl (C=O) groups is 2. The van der Waals surface area contributed by atoms with Crippen molar-refractivity contribution in [1.82, 2.24) is 10.2 Å². The number of aliphatic imine (C=N–C) groups is 1. The fourth-order valence-electron chi connectivity index (χ4n) is 5.00. The first-order chi connectivity index (χ1) is 19.0. The molecular formula is C30H39ClN4O5. The van der Waals surface area contributed by atoms with Crippen LogP contribution < -0.4 is 11.1 Å². The van der Waals surface area contributed by atoms with Gasteiger partial charge in [0.25, 0.3) is 0 Å². The van der Waals surface area contributed by atoms with Gasteiger partial charge in [-0.25, -0.2) is 4.99 Å². The SMILES string of the molecule is CC(OCc1ccccc1)[C@H](NC(=O)C(C)(C)N)C(=O)N1CCCC1C1=N[C@](CO)(Cc2cccc(Cl)c2)CO1. The maximum absolute atomic E-state index is 14.0. The molecule has 2 aromatic rings. The van der Waals surface area contributed by atoms with Gasteiger partial charge in [0, 0.05) is 18.0 Å². The second-order valence-electron chi connectivity index (χ2n) is 11.3. The van der Waals surface area contributed by atoms with Gasteiger partial charge in [-0.2, -0.15) is 0 Å². The maximum atomic E-state index is 14.0. The number of aliphatic hydroxyl groups excluding tert-OH is 1. The highest BCUT2D eigenvalue weighted by atomic mass is 35.5. The van der Waals surface area contributed by atoms with E-state index in [1.807, 2.05) is 48.5 Å². The van der Waals surface area contributed by atoms with Crippen LogP contribution in [0.25, 0.3) is 0 Å². The Kier molecular flexibility index (Phi) is 9.51. The molecule has 2 aromatic carbocycles. The van der Waals surface area contributed by atoms with Crippen LogP contribution in [0.4, 0.5) is 0 Å². The lowest BCUT2D eigenvalue weighted by Gasteiger charge is -2.33. The molecule has 9 nitrogen and oxygen atoms in total. The quantitative estimate of drug-likeness (QED) is 0.381. The molecule has 0 saturated carbocycles. The highest BCUT2D eigenvalue weighted by Crippen LogP contribution is 2.30. The van der Waals surface area contributed by atoms with Crippen LogP contribution >= 0.6 is 11.6 Å². The van der Waals surface area contributed by atoms with E-state index in [4.69, 9.17) is 31.8 Å². The Labute approximate surface area is 240 Å². The monoisotopic (exact) mass is 570 g/mol. The number of nitrogens with two attached hydrogens (primary N) is 1. The van der Waals surface area contributed by atoms with E-state index in [-0.39, 0.29) is 25.7 Å². The minimum atomic E-state index is -1.18. The second-order valence-corrected chi connectivity index (χ2v) is 11.7. The Hall–Kier alpha value is -2.98. The number of amides is 2. The smallest absolute Gasteiger partial charge is 0.248 e. The lowest BCUT2D eigenvalue weighted by molar-refractivity contribution is -0.142. The molecule has 40 heavy (non-hydrogen) atoms. The van der Waals surface area contributed by atoms with Crippen molar-refractivity contribution >= 4 is 29.3 Å².